The van der Waals surface area contributed by atoms with Crippen molar-refractivity contribution < 1.29 is 15.0 Å². The van der Waals surface area contributed by atoms with E-state index in [4.69, 9.17) is 0 Å². The Bertz CT molecular complexity index is 894. The molecule has 0 aliphatic carbocycles. The highest BCUT2D eigenvalue weighted by Crippen LogP contribution is 2.27. The summed E-state index contributed by atoms with van der Waals surface area (Å²) in [5, 5.41) is 23.1. The lowest BCUT2D eigenvalue weighted by Gasteiger charge is -2.39. The smallest absolute Gasteiger partial charge is 0.252 e. The van der Waals surface area contributed by atoms with Crippen molar-refractivity contribution in [1.29, 1.82) is 0 Å². The highest BCUT2D eigenvalue weighted by atomic mass is 16.3. The summed E-state index contributed by atoms with van der Waals surface area (Å²) in [5.74, 6) is 0.833. The van der Waals surface area contributed by atoms with Gasteiger partial charge in [-0.1, -0.05) is 39.3 Å². The second kappa shape index (κ2) is 16.3. The molecule has 0 spiro atoms. The molecule has 2 heterocycles. The Morgan fingerprint density at radius 3 is 2.43 bits per heavy atom. The topological polar surface area (TPSA) is 92.2 Å². The molecule has 0 bridgehead atoms. The van der Waals surface area contributed by atoms with Crippen LogP contribution in [-0.4, -0.2) is 89.3 Å². The minimum Gasteiger partial charge on any atom is -0.512 e. The number of aliphatic hydroxyl groups excluding tert-OH is 1. The number of anilines is 1. The van der Waals surface area contributed by atoms with Crippen molar-refractivity contribution in [2.24, 2.45) is 0 Å². The number of carbonyl (C=O) groups excluding carboxylic acids is 1. The van der Waals surface area contributed by atoms with Gasteiger partial charge in [-0.05, 0) is 57.8 Å². The number of nitrogens with one attached hydrogen (secondary N) is 1. The normalized spacial score (nSPS) is 16.3. The van der Waals surface area contributed by atoms with E-state index in [-0.39, 0.29) is 11.7 Å². The number of aromatic hydroxyl groups is 1. The first-order valence-corrected chi connectivity index (χ1v) is 14.1. The van der Waals surface area contributed by atoms with Gasteiger partial charge in [-0.3, -0.25) is 14.6 Å². The van der Waals surface area contributed by atoms with E-state index < -0.39 is 0 Å². The first kappa shape index (κ1) is 30.6. The molecular weight excluding hydrogens is 466 g/mol. The zero-order chi connectivity index (χ0) is 27.2. The van der Waals surface area contributed by atoms with Crippen LogP contribution in [0.2, 0.25) is 0 Å². The minimum atomic E-state index is -0.205. The standard InChI is InChI=1S/C29H49N5O3/c1-6-13-30-29(37)25-20-27(36)28(31-21-25)34-18-16-33(17-19-34)23(5)12-15-32(14-7-2)22-24(8-3)10-11-26(35)9-4/h10-11,20-21,23,35-36H,6-9,12-19,22H2,1-5H3,(H,30,37)/b24-10+,26-11+. The van der Waals surface area contributed by atoms with Gasteiger partial charge in [0.15, 0.2) is 11.6 Å². The lowest BCUT2D eigenvalue weighted by molar-refractivity contribution is 0.0953. The van der Waals surface area contributed by atoms with Crippen LogP contribution in [0.5, 0.6) is 5.75 Å². The summed E-state index contributed by atoms with van der Waals surface area (Å²) < 4.78 is 0. The molecule has 208 valence electrons. The average Bonchev–Trinajstić information content (AvgIpc) is 2.92. The molecule has 37 heavy (non-hydrogen) atoms. The molecule has 1 fully saturated rings. The maximum absolute atomic E-state index is 12.2. The summed E-state index contributed by atoms with van der Waals surface area (Å²) in [6.07, 6.45) is 10.2. The Hall–Kier alpha value is -2.58. The number of carbonyl (C=O) groups is 1. The quantitative estimate of drug-likeness (QED) is 0.230. The molecule has 1 aromatic rings. The fourth-order valence-electron chi connectivity index (χ4n) is 4.57. The minimum absolute atomic E-state index is 0.0581. The lowest BCUT2D eigenvalue weighted by atomic mass is 10.1. The number of hydrogen-bond acceptors (Lipinski definition) is 7. The predicted molar refractivity (Wildman–Crippen MR) is 152 cm³/mol. The van der Waals surface area contributed by atoms with Crippen LogP contribution in [0.3, 0.4) is 0 Å². The van der Waals surface area contributed by atoms with Gasteiger partial charge in [0.05, 0.1) is 11.3 Å². The number of nitrogens with zero attached hydrogens (tertiary/aromatic N) is 4. The molecule has 1 aromatic heterocycles. The number of rotatable bonds is 15. The molecule has 1 atom stereocenters. The molecule has 1 amide bonds. The Morgan fingerprint density at radius 1 is 1.11 bits per heavy atom. The first-order chi connectivity index (χ1) is 17.8. The van der Waals surface area contributed by atoms with Crippen LogP contribution in [0, 0.1) is 0 Å². The number of aromatic nitrogens is 1. The van der Waals surface area contributed by atoms with Gasteiger partial charge in [0.2, 0.25) is 0 Å². The van der Waals surface area contributed by atoms with Gasteiger partial charge in [-0.2, -0.15) is 0 Å². The van der Waals surface area contributed by atoms with Gasteiger partial charge in [0.1, 0.15) is 0 Å². The van der Waals surface area contributed by atoms with Crippen LogP contribution in [0.1, 0.15) is 77.1 Å². The molecule has 1 unspecified atom stereocenters. The van der Waals surface area contributed by atoms with Crippen molar-refractivity contribution >= 4 is 11.7 Å². The van der Waals surface area contributed by atoms with Gasteiger partial charge in [0.25, 0.3) is 5.91 Å². The average molecular weight is 516 g/mol. The van der Waals surface area contributed by atoms with Crippen molar-refractivity contribution in [3.63, 3.8) is 0 Å². The third kappa shape index (κ3) is 10.0. The Kier molecular flexibility index (Phi) is 13.5. The fourth-order valence-corrected chi connectivity index (χ4v) is 4.57. The number of pyridine rings is 1. The summed E-state index contributed by atoms with van der Waals surface area (Å²) in [4.78, 5) is 23.7. The maximum atomic E-state index is 12.2. The second-order valence-corrected chi connectivity index (χ2v) is 9.95. The third-order valence-electron chi connectivity index (χ3n) is 7.04. The van der Waals surface area contributed by atoms with E-state index in [0.29, 0.717) is 36.1 Å². The highest BCUT2D eigenvalue weighted by Gasteiger charge is 2.24. The number of allylic oxidation sites excluding steroid dienone is 3. The lowest BCUT2D eigenvalue weighted by Crippen LogP contribution is -2.50. The number of amides is 1. The van der Waals surface area contributed by atoms with Gasteiger partial charge in [-0.15, -0.1) is 0 Å². The van der Waals surface area contributed by atoms with Crippen molar-refractivity contribution in [2.75, 3.05) is 57.3 Å². The molecule has 0 radical (unpaired) electrons. The van der Waals surface area contributed by atoms with E-state index in [1.165, 1.54) is 11.6 Å². The summed E-state index contributed by atoms with van der Waals surface area (Å²) in [6, 6.07) is 1.98. The van der Waals surface area contributed by atoms with Crippen molar-refractivity contribution in [3.05, 3.63) is 41.3 Å². The van der Waals surface area contributed by atoms with E-state index in [0.717, 1.165) is 71.5 Å². The van der Waals surface area contributed by atoms with Gasteiger partial charge >= 0.3 is 0 Å². The largest absolute Gasteiger partial charge is 0.512 e. The molecule has 1 saturated heterocycles. The SMILES string of the molecule is CCCNC(=O)c1cnc(N2CCN(C(C)CCN(CCC)C/C(=C/C=C(/O)CC)CC)CC2)c(O)c1. The van der Waals surface area contributed by atoms with Gasteiger partial charge in [0, 0.05) is 57.9 Å². The van der Waals surface area contributed by atoms with Crippen LogP contribution < -0.4 is 10.2 Å². The number of aliphatic hydroxyl groups is 1. The highest BCUT2D eigenvalue weighted by molar-refractivity contribution is 5.94. The zero-order valence-corrected chi connectivity index (χ0v) is 23.7. The van der Waals surface area contributed by atoms with Gasteiger partial charge < -0.3 is 20.4 Å². The van der Waals surface area contributed by atoms with E-state index >= 15 is 0 Å². The maximum Gasteiger partial charge on any atom is 0.252 e. The molecule has 0 aromatic carbocycles. The zero-order valence-electron chi connectivity index (χ0n) is 23.7. The molecule has 1 aliphatic heterocycles. The number of piperazine rings is 1. The molecule has 1 aliphatic rings. The van der Waals surface area contributed by atoms with Crippen molar-refractivity contribution in [2.45, 2.75) is 72.8 Å². The third-order valence-corrected chi connectivity index (χ3v) is 7.04. The van der Waals surface area contributed by atoms with Gasteiger partial charge in [-0.25, -0.2) is 4.98 Å². The summed E-state index contributed by atoms with van der Waals surface area (Å²) in [6.45, 7) is 17.7. The first-order valence-electron chi connectivity index (χ1n) is 14.1. The van der Waals surface area contributed by atoms with Crippen LogP contribution >= 0.6 is 0 Å². The molecule has 2 rings (SSSR count). The second-order valence-electron chi connectivity index (χ2n) is 9.95. The molecule has 0 saturated carbocycles. The van der Waals surface area contributed by atoms with Crippen molar-refractivity contribution in [3.8, 4) is 5.75 Å². The molecule has 8 heteroatoms. The van der Waals surface area contributed by atoms with Crippen LogP contribution in [-0.2, 0) is 0 Å². The van der Waals surface area contributed by atoms with E-state index in [2.05, 4.69) is 51.8 Å². The monoisotopic (exact) mass is 515 g/mol. The van der Waals surface area contributed by atoms with Crippen LogP contribution in [0.4, 0.5) is 5.82 Å². The van der Waals surface area contributed by atoms with Crippen LogP contribution in [0.15, 0.2) is 35.7 Å². The summed E-state index contributed by atoms with van der Waals surface area (Å²) in [5.41, 5.74) is 1.73. The summed E-state index contributed by atoms with van der Waals surface area (Å²) >= 11 is 0. The predicted octanol–water partition coefficient (Wildman–Crippen LogP) is 4.73. The Morgan fingerprint density at radius 2 is 1.84 bits per heavy atom. The van der Waals surface area contributed by atoms with Crippen molar-refractivity contribution in [1.82, 2.24) is 20.1 Å². The Balaban J connectivity index is 1.88. The fraction of sp³-hybridized carbons (Fsp3) is 0.655. The van der Waals surface area contributed by atoms with E-state index in [1.807, 2.05) is 19.9 Å². The molecular formula is C29H49N5O3. The molecule has 8 nitrogen and oxygen atoms in total. The summed E-state index contributed by atoms with van der Waals surface area (Å²) in [7, 11) is 0. The molecule has 3 N–H and O–H groups in total. The van der Waals surface area contributed by atoms with Crippen LogP contribution in [0.25, 0.3) is 0 Å². The number of hydrogen-bond donors (Lipinski definition) is 3. The Labute approximate surface area is 224 Å². The van der Waals surface area contributed by atoms with E-state index in [1.54, 1.807) is 6.20 Å². The van der Waals surface area contributed by atoms with E-state index in [9.17, 15) is 15.0 Å².